The molecule has 0 N–H and O–H groups in total. The van der Waals surface area contributed by atoms with E-state index in [1.54, 1.807) is 0 Å². The highest BCUT2D eigenvalue weighted by atomic mass is 16.6. The summed E-state index contributed by atoms with van der Waals surface area (Å²) in [5, 5.41) is 0. The van der Waals surface area contributed by atoms with Crippen molar-refractivity contribution in [2.45, 2.75) is 64.2 Å². The van der Waals surface area contributed by atoms with E-state index in [0.717, 1.165) is 11.8 Å². The molecule has 1 saturated heterocycles. The molecule has 6 saturated carbocycles. The normalized spacial score (nSPS) is 56.5. The molecule has 0 spiro atoms. The Morgan fingerprint density at radius 3 is 1.52 bits per heavy atom. The third-order valence-electron chi connectivity index (χ3n) is 9.58. The SMILES string of the molecule is O=C1OC(=O)C2C1C1C3CCCCC3C2C2CC3CCCCC3CC21. The molecule has 0 radical (unpaired) electrons. The maximum absolute atomic E-state index is 12.6. The van der Waals surface area contributed by atoms with Crippen LogP contribution in [0.5, 0.6) is 0 Å². The van der Waals surface area contributed by atoms with E-state index >= 15 is 0 Å². The van der Waals surface area contributed by atoms with Crippen molar-refractivity contribution >= 4 is 11.9 Å². The molecule has 2 bridgehead atoms. The van der Waals surface area contributed by atoms with Gasteiger partial charge in [-0.3, -0.25) is 9.59 Å². The Morgan fingerprint density at radius 1 is 0.600 bits per heavy atom. The summed E-state index contributed by atoms with van der Waals surface area (Å²) < 4.78 is 5.24. The van der Waals surface area contributed by atoms with Crippen LogP contribution in [0.25, 0.3) is 0 Å². The van der Waals surface area contributed by atoms with Crippen molar-refractivity contribution in [2.75, 3.05) is 0 Å². The van der Waals surface area contributed by atoms with E-state index in [9.17, 15) is 9.59 Å². The minimum Gasteiger partial charge on any atom is -0.393 e. The quantitative estimate of drug-likeness (QED) is 0.489. The van der Waals surface area contributed by atoms with Crippen molar-refractivity contribution in [1.29, 1.82) is 0 Å². The van der Waals surface area contributed by atoms with Crippen LogP contribution in [0.15, 0.2) is 0 Å². The number of hydrogen-bond acceptors (Lipinski definition) is 3. The zero-order valence-corrected chi connectivity index (χ0v) is 15.1. The van der Waals surface area contributed by atoms with Gasteiger partial charge in [-0.2, -0.15) is 0 Å². The van der Waals surface area contributed by atoms with E-state index in [-0.39, 0.29) is 23.8 Å². The molecule has 1 aliphatic heterocycles. The summed E-state index contributed by atoms with van der Waals surface area (Å²) in [7, 11) is 0. The van der Waals surface area contributed by atoms with E-state index < -0.39 is 0 Å². The van der Waals surface area contributed by atoms with Crippen LogP contribution in [0.3, 0.4) is 0 Å². The first-order valence-corrected chi connectivity index (χ1v) is 11.0. The minimum absolute atomic E-state index is 0.0711. The van der Waals surface area contributed by atoms with Crippen LogP contribution >= 0.6 is 0 Å². The Morgan fingerprint density at radius 2 is 1.04 bits per heavy atom. The lowest BCUT2D eigenvalue weighted by molar-refractivity contribution is -0.187. The number of carbonyl (C=O) groups is 2. The fourth-order valence-electron chi connectivity index (χ4n) is 9.00. The molecule has 6 aliphatic carbocycles. The largest absolute Gasteiger partial charge is 0.393 e. The van der Waals surface area contributed by atoms with E-state index in [1.807, 2.05) is 0 Å². The monoisotopic (exact) mass is 342 g/mol. The van der Waals surface area contributed by atoms with Crippen molar-refractivity contribution < 1.29 is 14.3 Å². The van der Waals surface area contributed by atoms with E-state index in [1.165, 1.54) is 64.2 Å². The van der Waals surface area contributed by atoms with Crippen molar-refractivity contribution in [1.82, 2.24) is 0 Å². The first kappa shape index (κ1) is 15.2. The Kier molecular flexibility index (Phi) is 3.24. The molecule has 10 unspecified atom stereocenters. The zero-order chi connectivity index (χ0) is 16.7. The number of carbonyl (C=O) groups excluding carboxylic acids is 2. The summed E-state index contributed by atoms with van der Waals surface area (Å²) in [6.45, 7) is 0. The summed E-state index contributed by atoms with van der Waals surface area (Å²) in [5.74, 6) is 5.13. The molecule has 0 aromatic carbocycles. The summed E-state index contributed by atoms with van der Waals surface area (Å²) >= 11 is 0. The van der Waals surface area contributed by atoms with E-state index in [4.69, 9.17) is 4.74 Å². The number of rotatable bonds is 0. The lowest BCUT2D eigenvalue weighted by Gasteiger charge is -2.64. The van der Waals surface area contributed by atoms with Crippen molar-refractivity contribution in [3.8, 4) is 0 Å². The van der Waals surface area contributed by atoms with Gasteiger partial charge in [0.1, 0.15) is 0 Å². The van der Waals surface area contributed by atoms with Gasteiger partial charge in [0.2, 0.25) is 0 Å². The predicted octanol–water partition coefficient (Wildman–Crippen LogP) is 4.20. The molecule has 7 aliphatic rings. The molecule has 1 heterocycles. The van der Waals surface area contributed by atoms with E-state index in [2.05, 4.69) is 0 Å². The molecule has 0 aromatic rings. The van der Waals surface area contributed by atoms with Crippen molar-refractivity contribution in [3.63, 3.8) is 0 Å². The number of esters is 2. The molecule has 10 atom stereocenters. The van der Waals surface area contributed by atoms with Crippen molar-refractivity contribution in [2.24, 2.45) is 59.2 Å². The second-order valence-corrected chi connectivity index (χ2v) is 10.2. The smallest absolute Gasteiger partial charge is 0.317 e. The molecule has 7 rings (SSSR count). The fraction of sp³-hybridized carbons (Fsp3) is 0.909. The standard InChI is InChI=1S/C22H30O3/c23-21-19-17-13-7-3-4-8-14(13)18(20(19)22(24)25-21)16-10-12-6-2-1-5-11(12)9-15(16)17/h11-20H,1-10H2. The Balaban J connectivity index is 1.43. The van der Waals surface area contributed by atoms with Crippen LogP contribution in [0.2, 0.25) is 0 Å². The lowest BCUT2D eigenvalue weighted by atomic mass is 9.38. The van der Waals surface area contributed by atoms with Gasteiger partial charge in [0.05, 0.1) is 11.8 Å². The minimum atomic E-state index is -0.154. The van der Waals surface area contributed by atoms with Gasteiger partial charge < -0.3 is 4.74 Å². The number of cyclic esters (lactones) is 2. The van der Waals surface area contributed by atoms with Gasteiger partial charge >= 0.3 is 11.9 Å². The van der Waals surface area contributed by atoms with Crippen LogP contribution in [-0.4, -0.2) is 11.9 Å². The Labute approximate surface area is 150 Å². The summed E-state index contributed by atoms with van der Waals surface area (Å²) in [6, 6.07) is 0. The molecular weight excluding hydrogens is 312 g/mol. The number of fused-ring (bicyclic) bond motifs is 1. The van der Waals surface area contributed by atoms with Gasteiger partial charge in [0, 0.05) is 0 Å². The molecular formula is C22H30O3. The Bertz CT molecular complexity index is 560. The predicted molar refractivity (Wildman–Crippen MR) is 92.2 cm³/mol. The van der Waals surface area contributed by atoms with Gasteiger partial charge in [-0.05, 0) is 73.0 Å². The average Bonchev–Trinajstić information content (AvgIpc) is 2.95. The first-order chi connectivity index (χ1) is 12.2. The molecule has 3 nitrogen and oxygen atoms in total. The van der Waals surface area contributed by atoms with Gasteiger partial charge in [0.25, 0.3) is 0 Å². The third-order valence-corrected chi connectivity index (χ3v) is 9.58. The molecule has 7 fully saturated rings. The van der Waals surface area contributed by atoms with E-state index in [0.29, 0.717) is 35.5 Å². The lowest BCUT2D eigenvalue weighted by Crippen LogP contribution is -2.62. The van der Waals surface area contributed by atoms with Crippen LogP contribution < -0.4 is 0 Å². The average molecular weight is 342 g/mol. The van der Waals surface area contributed by atoms with Crippen LogP contribution in [-0.2, 0) is 14.3 Å². The molecule has 3 heteroatoms. The summed E-state index contributed by atoms with van der Waals surface area (Å²) in [6.07, 6.45) is 13.6. The first-order valence-electron chi connectivity index (χ1n) is 11.0. The maximum Gasteiger partial charge on any atom is 0.317 e. The van der Waals surface area contributed by atoms with Gasteiger partial charge in [-0.1, -0.05) is 38.5 Å². The van der Waals surface area contributed by atoms with Crippen LogP contribution in [0.1, 0.15) is 64.2 Å². The summed E-state index contributed by atoms with van der Waals surface area (Å²) in [5.41, 5.74) is 0. The molecule has 25 heavy (non-hydrogen) atoms. The summed E-state index contributed by atoms with van der Waals surface area (Å²) in [4.78, 5) is 25.2. The third kappa shape index (κ3) is 1.93. The fourth-order valence-corrected chi connectivity index (χ4v) is 9.00. The molecule has 0 amide bonds. The van der Waals surface area contributed by atoms with Gasteiger partial charge in [-0.25, -0.2) is 0 Å². The second kappa shape index (κ2) is 5.33. The molecule has 136 valence electrons. The van der Waals surface area contributed by atoms with Gasteiger partial charge in [0.15, 0.2) is 0 Å². The van der Waals surface area contributed by atoms with Crippen molar-refractivity contribution in [3.05, 3.63) is 0 Å². The zero-order valence-electron chi connectivity index (χ0n) is 15.1. The highest BCUT2D eigenvalue weighted by molar-refractivity contribution is 5.97. The molecule has 0 aromatic heterocycles. The number of ether oxygens (including phenoxy) is 1. The number of hydrogen-bond donors (Lipinski definition) is 0. The van der Waals surface area contributed by atoms with Crippen LogP contribution in [0.4, 0.5) is 0 Å². The highest BCUT2D eigenvalue weighted by Crippen LogP contribution is 2.69. The maximum atomic E-state index is 12.6. The Hall–Kier alpha value is -0.860. The topological polar surface area (TPSA) is 43.4 Å². The highest BCUT2D eigenvalue weighted by Gasteiger charge is 2.69. The second-order valence-electron chi connectivity index (χ2n) is 10.2. The van der Waals surface area contributed by atoms with Crippen LogP contribution in [0, 0.1) is 59.2 Å². The van der Waals surface area contributed by atoms with Gasteiger partial charge in [-0.15, -0.1) is 0 Å².